The van der Waals surface area contributed by atoms with Crippen molar-refractivity contribution in [2.24, 2.45) is 0 Å². The van der Waals surface area contributed by atoms with Crippen LogP contribution in [0.5, 0.6) is 5.75 Å². The van der Waals surface area contributed by atoms with E-state index >= 15 is 0 Å². The molecule has 1 aromatic heterocycles. The Morgan fingerprint density at radius 3 is 2.72 bits per heavy atom. The smallest absolute Gasteiger partial charge is 0.270 e. The fourth-order valence-corrected chi connectivity index (χ4v) is 3.81. The van der Waals surface area contributed by atoms with Crippen LogP contribution in [-0.2, 0) is 4.79 Å². The Bertz CT molecular complexity index is 1340. The molecular weight excluding hydrogens is 414 g/mol. The summed E-state index contributed by atoms with van der Waals surface area (Å²) < 4.78 is 6.76. The van der Waals surface area contributed by atoms with Gasteiger partial charge in [-0.2, -0.15) is 0 Å². The van der Waals surface area contributed by atoms with Crippen LogP contribution in [0.15, 0.2) is 66.0 Å². The minimum absolute atomic E-state index is 0.0952. The van der Waals surface area contributed by atoms with Crippen LogP contribution in [0.1, 0.15) is 23.3 Å². The number of anilines is 1. The zero-order valence-electron chi connectivity index (χ0n) is 17.2. The minimum Gasteiger partial charge on any atom is -0.482 e. The number of fused-ring (bicyclic) bond motifs is 2. The summed E-state index contributed by atoms with van der Waals surface area (Å²) in [6.07, 6.45) is 1.58. The van der Waals surface area contributed by atoms with E-state index in [2.05, 4.69) is 6.58 Å². The molecule has 9 nitrogen and oxygen atoms in total. The van der Waals surface area contributed by atoms with Crippen LogP contribution in [0.4, 0.5) is 11.4 Å². The quantitative estimate of drug-likeness (QED) is 0.255. The molecule has 0 N–H and O–H groups in total. The number of rotatable bonds is 6. The molecule has 0 fully saturated rings. The maximum atomic E-state index is 13.3. The first kappa shape index (κ1) is 21.0. The third-order valence-corrected chi connectivity index (χ3v) is 5.39. The highest BCUT2D eigenvalue weighted by Crippen LogP contribution is 2.34. The third kappa shape index (κ3) is 3.53. The van der Waals surface area contributed by atoms with E-state index in [0.29, 0.717) is 27.9 Å². The van der Waals surface area contributed by atoms with Crippen LogP contribution in [-0.4, -0.2) is 34.3 Å². The van der Waals surface area contributed by atoms with Crippen molar-refractivity contribution in [3.63, 3.8) is 0 Å². The molecule has 32 heavy (non-hydrogen) atoms. The van der Waals surface area contributed by atoms with Gasteiger partial charge in [0.15, 0.2) is 12.4 Å². The van der Waals surface area contributed by atoms with Gasteiger partial charge in [0, 0.05) is 35.7 Å². The largest absolute Gasteiger partial charge is 0.482 e. The van der Waals surface area contributed by atoms with Crippen LogP contribution < -0.4 is 15.2 Å². The topological polar surface area (TPSA) is 112 Å². The van der Waals surface area contributed by atoms with E-state index in [1.807, 2.05) is 0 Å². The number of nitro benzene ring substituents is 1. The molecule has 1 amide bonds. The SMILES string of the molecule is C=CCN1C(=O)COc2ccc(C(=O)C(C)n3c(=O)ccc4cc([N+](=O)[O-])ccc43)cc21. The minimum atomic E-state index is -0.890. The summed E-state index contributed by atoms with van der Waals surface area (Å²) in [5.41, 5.74) is 0.656. The second-order valence-electron chi connectivity index (χ2n) is 7.35. The lowest BCUT2D eigenvalue weighted by Crippen LogP contribution is -2.39. The molecule has 1 unspecified atom stereocenters. The summed E-state index contributed by atoms with van der Waals surface area (Å²) >= 11 is 0. The van der Waals surface area contributed by atoms with Crippen molar-refractivity contribution < 1.29 is 19.2 Å². The molecule has 162 valence electrons. The van der Waals surface area contributed by atoms with Gasteiger partial charge in [0.05, 0.1) is 22.2 Å². The molecule has 3 aromatic rings. The molecule has 0 bridgehead atoms. The molecule has 9 heteroatoms. The molecule has 0 saturated heterocycles. The monoisotopic (exact) mass is 433 g/mol. The maximum Gasteiger partial charge on any atom is 0.270 e. The summed E-state index contributed by atoms with van der Waals surface area (Å²) in [6.45, 7) is 5.42. The lowest BCUT2D eigenvalue weighted by molar-refractivity contribution is -0.384. The van der Waals surface area contributed by atoms with Crippen LogP contribution in [0.3, 0.4) is 0 Å². The molecule has 1 aliphatic heterocycles. The van der Waals surface area contributed by atoms with Crippen molar-refractivity contribution >= 4 is 34.0 Å². The average molecular weight is 433 g/mol. The second kappa shape index (κ2) is 8.10. The number of benzene rings is 2. The van der Waals surface area contributed by atoms with Gasteiger partial charge in [0.1, 0.15) is 5.75 Å². The number of nitro groups is 1. The Kier molecular flexibility index (Phi) is 5.31. The Morgan fingerprint density at radius 1 is 1.22 bits per heavy atom. The number of nitrogens with zero attached hydrogens (tertiary/aromatic N) is 3. The summed E-state index contributed by atoms with van der Waals surface area (Å²) in [5, 5.41) is 11.5. The van der Waals surface area contributed by atoms with Gasteiger partial charge in [-0.25, -0.2) is 0 Å². The fraction of sp³-hybridized carbons (Fsp3) is 0.174. The van der Waals surface area contributed by atoms with E-state index in [9.17, 15) is 24.5 Å². The highest BCUT2D eigenvalue weighted by Gasteiger charge is 2.27. The van der Waals surface area contributed by atoms with Gasteiger partial charge in [-0.1, -0.05) is 6.08 Å². The van der Waals surface area contributed by atoms with Gasteiger partial charge in [0.25, 0.3) is 17.2 Å². The number of ether oxygens (including phenoxy) is 1. The number of carbonyl (C=O) groups excluding carboxylic acids is 2. The van der Waals surface area contributed by atoms with Crippen molar-refractivity contribution in [3.8, 4) is 5.75 Å². The van der Waals surface area contributed by atoms with Crippen molar-refractivity contribution in [2.45, 2.75) is 13.0 Å². The van der Waals surface area contributed by atoms with E-state index in [1.54, 1.807) is 31.2 Å². The lowest BCUT2D eigenvalue weighted by Gasteiger charge is -2.29. The van der Waals surface area contributed by atoms with Gasteiger partial charge in [-0.3, -0.25) is 29.1 Å². The molecule has 0 spiro atoms. The van der Waals surface area contributed by atoms with Gasteiger partial charge in [-0.15, -0.1) is 6.58 Å². The number of non-ortho nitro benzene ring substituents is 1. The normalized spacial score (nSPS) is 13.9. The second-order valence-corrected chi connectivity index (χ2v) is 7.35. The number of hydrogen-bond donors (Lipinski definition) is 0. The van der Waals surface area contributed by atoms with Crippen LogP contribution >= 0.6 is 0 Å². The zero-order valence-corrected chi connectivity index (χ0v) is 17.2. The Morgan fingerprint density at radius 2 is 2.00 bits per heavy atom. The van der Waals surface area contributed by atoms with Crippen molar-refractivity contribution in [1.82, 2.24) is 4.57 Å². The number of hydrogen-bond acceptors (Lipinski definition) is 6. The van der Waals surface area contributed by atoms with E-state index in [0.717, 1.165) is 0 Å². The Hall–Kier alpha value is -4.27. The van der Waals surface area contributed by atoms with Gasteiger partial charge < -0.3 is 9.64 Å². The lowest BCUT2D eigenvalue weighted by atomic mass is 10.0. The first-order chi connectivity index (χ1) is 15.3. The van der Waals surface area contributed by atoms with E-state index < -0.39 is 16.5 Å². The first-order valence-corrected chi connectivity index (χ1v) is 9.84. The Balaban J connectivity index is 1.76. The van der Waals surface area contributed by atoms with Gasteiger partial charge in [0.2, 0.25) is 0 Å². The molecule has 2 heterocycles. The summed E-state index contributed by atoms with van der Waals surface area (Å²) in [4.78, 5) is 50.2. The van der Waals surface area contributed by atoms with E-state index in [1.165, 1.54) is 39.8 Å². The summed E-state index contributed by atoms with van der Waals surface area (Å²) in [7, 11) is 0. The number of carbonyl (C=O) groups is 2. The van der Waals surface area contributed by atoms with Gasteiger partial charge >= 0.3 is 0 Å². The first-order valence-electron chi connectivity index (χ1n) is 9.84. The summed E-state index contributed by atoms with van der Waals surface area (Å²) in [5.74, 6) is -0.121. The van der Waals surface area contributed by atoms with E-state index in [-0.39, 0.29) is 30.5 Å². The number of amides is 1. The zero-order chi connectivity index (χ0) is 23.0. The predicted octanol–water partition coefficient (Wildman–Crippen LogP) is 3.27. The standard InChI is InChI=1S/C23H19N3O6/c1-3-10-24-19-12-16(4-8-20(19)32-13-22(24)28)23(29)14(2)25-18-7-6-17(26(30)31)11-15(18)5-9-21(25)27/h3-9,11-12,14H,1,10,13H2,2H3. The fourth-order valence-electron chi connectivity index (χ4n) is 3.81. The molecule has 4 rings (SSSR count). The molecule has 2 aromatic carbocycles. The average Bonchev–Trinajstić information content (AvgIpc) is 2.79. The number of aromatic nitrogens is 1. The maximum absolute atomic E-state index is 13.3. The van der Waals surface area contributed by atoms with Crippen molar-refractivity contribution in [3.05, 3.63) is 87.2 Å². The summed E-state index contributed by atoms with van der Waals surface area (Å²) in [6, 6.07) is 10.8. The van der Waals surface area contributed by atoms with E-state index in [4.69, 9.17) is 4.74 Å². The molecule has 1 aliphatic rings. The van der Waals surface area contributed by atoms with Gasteiger partial charge in [-0.05, 0) is 37.3 Å². The molecule has 0 aliphatic carbocycles. The van der Waals surface area contributed by atoms with Crippen LogP contribution in [0.2, 0.25) is 0 Å². The highest BCUT2D eigenvalue weighted by atomic mass is 16.6. The number of pyridine rings is 1. The Labute approximate surface area is 182 Å². The molecule has 0 saturated carbocycles. The molecule has 0 radical (unpaired) electrons. The highest BCUT2D eigenvalue weighted by molar-refractivity contribution is 6.03. The third-order valence-electron chi connectivity index (χ3n) is 5.39. The predicted molar refractivity (Wildman–Crippen MR) is 118 cm³/mol. The van der Waals surface area contributed by atoms with Crippen LogP contribution in [0, 0.1) is 10.1 Å². The number of ketones is 1. The van der Waals surface area contributed by atoms with Crippen molar-refractivity contribution in [2.75, 3.05) is 18.1 Å². The van der Waals surface area contributed by atoms with Crippen molar-refractivity contribution in [1.29, 1.82) is 0 Å². The number of Topliss-reactive ketones (excluding diaryl/α,β-unsaturated/α-hetero) is 1. The molecule has 1 atom stereocenters. The molecular formula is C23H19N3O6. The van der Waals surface area contributed by atoms with Crippen LogP contribution in [0.25, 0.3) is 10.9 Å².